The predicted octanol–water partition coefficient (Wildman–Crippen LogP) is 7.32. The van der Waals surface area contributed by atoms with Crippen LogP contribution in [0.5, 0.6) is 11.6 Å². The van der Waals surface area contributed by atoms with Gasteiger partial charge in [-0.1, -0.05) is 37.3 Å². The molecule has 0 saturated carbocycles. The summed E-state index contributed by atoms with van der Waals surface area (Å²) in [6, 6.07) is 15.9. The quantitative estimate of drug-likeness (QED) is 0.229. The summed E-state index contributed by atoms with van der Waals surface area (Å²) in [6.07, 6.45) is 2.20. The van der Waals surface area contributed by atoms with Crippen molar-refractivity contribution in [2.24, 2.45) is 0 Å². The molecule has 2 atom stereocenters. The van der Waals surface area contributed by atoms with Crippen molar-refractivity contribution in [3.05, 3.63) is 77.2 Å². The number of benzene rings is 2. The Balaban J connectivity index is 1.92. The number of methoxy groups -OCH3 is 1. The summed E-state index contributed by atoms with van der Waals surface area (Å²) >= 11 is 0. The molecule has 1 heterocycles. The van der Waals surface area contributed by atoms with Gasteiger partial charge in [0, 0.05) is 36.2 Å². The van der Waals surface area contributed by atoms with Gasteiger partial charge in [0.1, 0.15) is 18.2 Å². The SMILES string of the molecule is CCC(C[P+](=O)O)c1cccc(OCc2ccc(-c3cc(OC)ncc3F)c(CN(C(C)C)C(C)C)c2)c1. The van der Waals surface area contributed by atoms with E-state index in [0.717, 1.165) is 28.7 Å². The predicted molar refractivity (Wildman–Crippen MR) is 150 cm³/mol. The maximum absolute atomic E-state index is 14.9. The number of halogens is 1. The number of pyridine rings is 1. The van der Waals surface area contributed by atoms with Crippen molar-refractivity contribution in [1.82, 2.24) is 9.88 Å². The molecule has 6 nitrogen and oxygen atoms in total. The zero-order valence-electron chi connectivity index (χ0n) is 23.1. The van der Waals surface area contributed by atoms with E-state index in [4.69, 9.17) is 9.47 Å². The third kappa shape index (κ3) is 7.83. The topological polar surface area (TPSA) is 71.9 Å². The Morgan fingerprint density at radius 3 is 2.42 bits per heavy atom. The van der Waals surface area contributed by atoms with Gasteiger partial charge in [-0.2, -0.15) is 4.89 Å². The molecular formula is C30H39FN2O4P+. The van der Waals surface area contributed by atoms with E-state index in [-0.39, 0.29) is 12.1 Å². The second-order valence-electron chi connectivity index (χ2n) is 10.1. The van der Waals surface area contributed by atoms with Crippen LogP contribution in [0, 0.1) is 5.82 Å². The van der Waals surface area contributed by atoms with Gasteiger partial charge in [0.05, 0.1) is 13.3 Å². The van der Waals surface area contributed by atoms with Crippen molar-refractivity contribution < 1.29 is 23.3 Å². The number of aromatic nitrogens is 1. The van der Waals surface area contributed by atoms with Crippen LogP contribution >= 0.6 is 8.03 Å². The highest BCUT2D eigenvalue weighted by Crippen LogP contribution is 2.33. The van der Waals surface area contributed by atoms with Crippen LogP contribution in [0.4, 0.5) is 4.39 Å². The van der Waals surface area contributed by atoms with Gasteiger partial charge in [-0.25, -0.2) is 9.37 Å². The van der Waals surface area contributed by atoms with Crippen molar-refractivity contribution in [3.63, 3.8) is 0 Å². The number of hydrogen-bond donors (Lipinski definition) is 1. The fourth-order valence-electron chi connectivity index (χ4n) is 4.71. The van der Waals surface area contributed by atoms with E-state index in [2.05, 4.69) is 43.6 Å². The number of ether oxygens (including phenoxy) is 2. The van der Waals surface area contributed by atoms with E-state index < -0.39 is 13.8 Å². The molecule has 0 aliphatic carbocycles. The molecule has 0 aliphatic heterocycles. The summed E-state index contributed by atoms with van der Waals surface area (Å²) < 4.78 is 37.7. The van der Waals surface area contributed by atoms with Crippen LogP contribution in [0.15, 0.2) is 54.7 Å². The smallest absolute Gasteiger partial charge is 0.489 e. The molecule has 204 valence electrons. The molecule has 8 heteroatoms. The van der Waals surface area contributed by atoms with Crippen LogP contribution in [-0.4, -0.2) is 40.1 Å². The van der Waals surface area contributed by atoms with Gasteiger partial charge in [-0.3, -0.25) is 4.90 Å². The lowest BCUT2D eigenvalue weighted by molar-refractivity contribution is 0.166. The van der Waals surface area contributed by atoms with E-state index >= 15 is 0 Å². The monoisotopic (exact) mass is 541 g/mol. The molecule has 1 N–H and O–H groups in total. The summed E-state index contributed by atoms with van der Waals surface area (Å²) in [5, 5.41) is 0. The number of hydrogen-bond acceptors (Lipinski definition) is 5. The molecule has 0 radical (unpaired) electrons. The lowest BCUT2D eigenvalue weighted by Gasteiger charge is -2.31. The fourth-order valence-corrected chi connectivity index (χ4v) is 5.56. The lowest BCUT2D eigenvalue weighted by atomic mass is 9.96. The van der Waals surface area contributed by atoms with Crippen LogP contribution in [0.1, 0.15) is 63.6 Å². The van der Waals surface area contributed by atoms with Gasteiger partial charge in [0.2, 0.25) is 5.88 Å². The lowest BCUT2D eigenvalue weighted by Crippen LogP contribution is -2.36. The summed E-state index contributed by atoms with van der Waals surface area (Å²) in [7, 11) is -0.685. The van der Waals surface area contributed by atoms with Crippen molar-refractivity contribution >= 4 is 8.03 Å². The third-order valence-corrected chi connectivity index (χ3v) is 7.54. The molecule has 1 aromatic heterocycles. The van der Waals surface area contributed by atoms with Crippen LogP contribution < -0.4 is 9.47 Å². The second-order valence-corrected chi connectivity index (χ2v) is 11.1. The minimum atomic E-state index is -2.21. The Morgan fingerprint density at radius 1 is 1.05 bits per heavy atom. The molecule has 0 amide bonds. The van der Waals surface area contributed by atoms with Gasteiger partial charge in [-0.05, 0) is 73.1 Å². The Labute approximate surface area is 226 Å². The molecule has 0 aliphatic rings. The minimum Gasteiger partial charge on any atom is -0.489 e. The molecule has 3 rings (SSSR count). The first-order valence-corrected chi connectivity index (χ1v) is 14.5. The van der Waals surface area contributed by atoms with E-state index in [1.54, 1.807) is 6.07 Å². The van der Waals surface area contributed by atoms with Crippen molar-refractivity contribution in [2.75, 3.05) is 13.3 Å². The van der Waals surface area contributed by atoms with Crippen molar-refractivity contribution in [3.8, 4) is 22.8 Å². The molecular weight excluding hydrogens is 502 g/mol. The van der Waals surface area contributed by atoms with Crippen molar-refractivity contribution in [1.29, 1.82) is 0 Å². The molecule has 0 bridgehead atoms. The summed E-state index contributed by atoms with van der Waals surface area (Å²) in [6.45, 7) is 11.6. The zero-order chi connectivity index (χ0) is 27.8. The Bertz CT molecular complexity index is 1230. The van der Waals surface area contributed by atoms with Crippen molar-refractivity contribution in [2.45, 2.75) is 72.2 Å². The van der Waals surface area contributed by atoms with Gasteiger partial charge >= 0.3 is 8.03 Å². The van der Waals surface area contributed by atoms with Crippen LogP contribution in [0.2, 0.25) is 0 Å². The van der Waals surface area contributed by atoms with E-state index in [9.17, 15) is 13.8 Å². The first-order valence-electron chi connectivity index (χ1n) is 13.1. The minimum absolute atomic E-state index is 0.00310. The maximum atomic E-state index is 14.9. The molecule has 0 fully saturated rings. The maximum Gasteiger partial charge on any atom is 0.506 e. The summed E-state index contributed by atoms with van der Waals surface area (Å²) in [5.41, 5.74) is 4.20. The highest BCUT2D eigenvalue weighted by Gasteiger charge is 2.22. The van der Waals surface area contributed by atoms with E-state index in [1.807, 2.05) is 43.3 Å². The first-order chi connectivity index (χ1) is 18.1. The van der Waals surface area contributed by atoms with E-state index in [1.165, 1.54) is 13.3 Å². The van der Waals surface area contributed by atoms with Gasteiger partial charge < -0.3 is 9.47 Å². The molecule has 38 heavy (non-hydrogen) atoms. The normalized spacial score (nSPS) is 12.8. The molecule has 2 unspecified atom stereocenters. The number of rotatable bonds is 13. The highest BCUT2D eigenvalue weighted by atomic mass is 31.1. The average Bonchev–Trinajstić information content (AvgIpc) is 2.89. The summed E-state index contributed by atoms with van der Waals surface area (Å²) in [4.78, 5) is 15.7. The van der Waals surface area contributed by atoms with E-state index in [0.29, 0.717) is 42.4 Å². The highest BCUT2D eigenvalue weighted by molar-refractivity contribution is 7.38. The van der Waals surface area contributed by atoms with Crippen LogP contribution in [0.25, 0.3) is 11.1 Å². The molecule has 3 aromatic rings. The standard InChI is InChI=1S/C30H38FN2O4P/c1-7-23(19-38(34)35)24-9-8-10-26(14-24)37-18-22-11-12-27(28-15-30(36-6)32-16-29(28)31)25(13-22)17-33(20(2)3)21(4)5/h8-16,20-21,23H,7,17-19H2,1-6H3/p+1. The van der Waals surface area contributed by atoms with Crippen LogP contribution in [-0.2, 0) is 17.7 Å². The largest absolute Gasteiger partial charge is 0.506 e. The van der Waals surface area contributed by atoms with Gasteiger partial charge in [-0.15, -0.1) is 0 Å². The molecule has 0 saturated heterocycles. The average molecular weight is 542 g/mol. The zero-order valence-corrected chi connectivity index (χ0v) is 24.0. The Kier molecular flexibility index (Phi) is 10.8. The number of nitrogens with zero attached hydrogens (tertiary/aromatic N) is 2. The van der Waals surface area contributed by atoms with Gasteiger partial charge in [0.15, 0.2) is 6.16 Å². The first kappa shape index (κ1) is 29.7. The van der Waals surface area contributed by atoms with Crippen LogP contribution in [0.3, 0.4) is 0 Å². The molecule has 2 aromatic carbocycles. The Morgan fingerprint density at radius 2 is 1.79 bits per heavy atom. The fraction of sp³-hybridized carbons (Fsp3) is 0.433. The summed E-state index contributed by atoms with van der Waals surface area (Å²) in [5.74, 6) is 0.669. The second kappa shape index (κ2) is 13.8. The molecule has 0 spiro atoms. The van der Waals surface area contributed by atoms with Gasteiger partial charge in [0.25, 0.3) is 0 Å². The third-order valence-electron chi connectivity index (χ3n) is 6.78. The Hall–Kier alpha value is -2.86.